The van der Waals surface area contributed by atoms with E-state index in [4.69, 9.17) is 4.74 Å². The number of hydrogen-bond acceptors (Lipinski definition) is 4. The lowest BCUT2D eigenvalue weighted by Crippen LogP contribution is -2.24. The van der Waals surface area contributed by atoms with E-state index in [2.05, 4.69) is 10.3 Å². The first-order valence-corrected chi connectivity index (χ1v) is 6.02. The number of aromatic carboxylic acids is 1. The molecule has 2 aromatic heterocycles. The Morgan fingerprint density at radius 3 is 2.89 bits per heavy atom. The van der Waals surface area contributed by atoms with Crippen LogP contribution in [0.1, 0.15) is 23.2 Å². The van der Waals surface area contributed by atoms with Crippen molar-refractivity contribution < 1.29 is 14.6 Å². The lowest BCUT2D eigenvalue weighted by molar-refractivity contribution is 0.0693. The van der Waals surface area contributed by atoms with E-state index in [1.54, 1.807) is 29.8 Å². The highest BCUT2D eigenvalue weighted by Crippen LogP contribution is 2.19. The summed E-state index contributed by atoms with van der Waals surface area (Å²) in [5, 5.41) is 12.3. The van der Waals surface area contributed by atoms with Crippen LogP contribution < -0.4 is 10.1 Å². The van der Waals surface area contributed by atoms with Gasteiger partial charge in [-0.15, -0.1) is 0 Å². The van der Waals surface area contributed by atoms with Crippen LogP contribution in [0.25, 0.3) is 5.52 Å². The Bertz CT molecular complexity index is 606. The summed E-state index contributed by atoms with van der Waals surface area (Å²) in [4.78, 5) is 15.4. The number of carboxylic acids is 1. The summed E-state index contributed by atoms with van der Waals surface area (Å²) in [6.45, 7) is 2.02. The summed E-state index contributed by atoms with van der Waals surface area (Å²) in [5.74, 6) is 0.347. The van der Waals surface area contributed by atoms with Crippen molar-refractivity contribution in [2.24, 2.45) is 0 Å². The second-order valence-electron chi connectivity index (χ2n) is 4.40. The van der Waals surface area contributed by atoms with Crippen LogP contribution in [0.15, 0.2) is 18.3 Å². The monoisotopic (exact) mass is 263 g/mol. The van der Waals surface area contributed by atoms with Gasteiger partial charge in [-0.3, -0.25) is 4.40 Å². The fraction of sp³-hybridized carbons (Fsp3) is 0.385. The molecule has 2 N–H and O–H groups in total. The molecule has 0 saturated carbocycles. The number of carboxylic acid groups (broad SMARTS) is 1. The minimum atomic E-state index is -1.02. The Hall–Kier alpha value is -2.08. The normalized spacial score (nSPS) is 12.6. The maximum Gasteiger partial charge on any atom is 0.356 e. The van der Waals surface area contributed by atoms with E-state index in [9.17, 15) is 9.90 Å². The molecule has 0 bridgehead atoms. The van der Waals surface area contributed by atoms with Gasteiger partial charge in [-0.1, -0.05) is 0 Å². The largest absolute Gasteiger partial charge is 0.495 e. The zero-order chi connectivity index (χ0) is 14.0. The molecular formula is C13H17N3O3. The number of ether oxygens (including phenoxy) is 1. The maximum absolute atomic E-state index is 11.2. The zero-order valence-electron chi connectivity index (χ0n) is 11.2. The van der Waals surface area contributed by atoms with Crippen molar-refractivity contribution in [2.75, 3.05) is 14.2 Å². The summed E-state index contributed by atoms with van der Waals surface area (Å²) >= 11 is 0. The Morgan fingerprint density at radius 1 is 1.58 bits per heavy atom. The molecule has 6 heteroatoms. The number of nitrogens with one attached hydrogen (secondary N) is 1. The van der Waals surface area contributed by atoms with E-state index in [0.29, 0.717) is 23.5 Å². The lowest BCUT2D eigenvalue weighted by atomic mass is 10.2. The molecule has 6 nitrogen and oxygen atoms in total. The lowest BCUT2D eigenvalue weighted by Gasteiger charge is -2.09. The Balaban J connectivity index is 2.57. The fourth-order valence-electron chi connectivity index (χ4n) is 1.93. The first-order chi connectivity index (χ1) is 9.06. The molecule has 0 aromatic carbocycles. The molecule has 0 fully saturated rings. The highest BCUT2D eigenvalue weighted by molar-refractivity contribution is 5.93. The molecule has 0 amide bonds. The topological polar surface area (TPSA) is 75.9 Å². The number of nitrogens with zero attached hydrogens (tertiary/aromatic N) is 2. The van der Waals surface area contributed by atoms with Gasteiger partial charge in [0.05, 0.1) is 18.8 Å². The fourth-order valence-corrected chi connectivity index (χ4v) is 1.93. The van der Waals surface area contributed by atoms with Crippen LogP contribution in [0, 0.1) is 0 Å². The number of methoxy groups -OCH3 is 1. The molecule has 0 radical (unpaired) electrons. The van der Waals surface area contributed by atoms with Crippen LogP contribution >= 0.6 is 0 Å². The van der Waals surface area contributed by atoms with Gasteiger partial charge in [0, 0.05) is 12.5 Å². The van der Waals surface area contributed by atoms with Crippen molar-refractivity contribution in [1.82, 2.24) is 14.7 Å². The summed E-state index contributed by atoms with van der Waals surface area (Å²) in [6, 6.07) is 3.65. The molecule has 19 heavy (non-hydrogen) atoms. The summed E-state index contributed by atoms with van der Waals surface area (Å²) in [6.07, 6.45) is 2.39. The zero-order valence-corrected chi connectivity index (χ0v) is 11.2. The Kier molecular flexibility index (Phi) is 3.71. The minimum Gasteiger partial charge on any atom is -0.495 e. The quantitative estimate of drug-likeness (QED) is 0.847. The molecule has 102 valence electrons. The molecule has 1 unspecified atom stereocenters. The number of carbonyl (C=O) groups is 1. The van der Waals surface area contributed by atoms with Crippen molar-refractivity contribution in [3.05, 3.63) is 29.8 Å². The van der Waals surface area contributed by atoms with E-state index in [1.807, 2.05) is 14.0 Å². The third kappa shape index (κ3) is 2.53. The minimum absolute atomic E-state index is 0.0703. The van der Waals surface area contributed by atoms with Crippen molar-refractivity contribution in [1.29, 1.82) is 0 Å². The molecule has 2 rings (SSSR count). The average molecular weight is 263 g/mol. The van der Waals surface area contributed by atoms with Gasteiger partial charge in [0.15, 0.2) is 5.69 Å². The smallest absolute Gasteiger partial charge is 0.356 e. The Morgan fingerprint density at radius 2 is 2.32 bits per heavy atom. The van der Waals surface area contributed by atoms with E-state index in [1.165, 1.54) is 0 Å². The SMILES string of the molecule is CNC(C)Cc1nc(C(=O)O)c2ccc(OC)cn12. The number of aromatic nitrogens is 2. The van der Waals surface area contributed by atoms with Gasteiger partial charge in [0.1, 0.15) is 11.6 Å². The summed E-state index contributed by atoms with van der Waals surface area (Å²) in [5.41, 5.74) is 0.646. The van der Waals surface area contributed by atoms with Gasteiger partial charge in [0.25, 0.3) is 0 Å². The third-order valence-corrected chi connectivity index (χ3v) is 3.10. The van der Waals surface area contributed by atoms with Crippen molar-refractivity contribution >= 4 is 11.5 Å². The first-order valence-electron chi connectivity index (χ1n) is 6.02. The number of pyridine rings is 1. The van der Waals surface area contributed by atoms with Gasteiger partial charge in [0.2, 0.25) is 0 Å². The number of fused-ring (bicyclic) bond motifs is 1. The Labute approximate surface area is 111 Å². The van der Waals surface area contributed by atoms with Crippen molar-refractivity contribution in [2.45, 2.75) is 19.4 Å². The van der Waals surface area contributed by atoms with Gasteiger partial charge in [-0.2, -0.15) is 0 Å². The van der Waals surface area contributed by atoms with E-state index < -0.39 is 5.97 Å². The number of rotatable bonds is 5. The van der Waals surface area contributed by atoms with Gasteiger partial charge < -0.3 is 15.2 Å². The molecule has 0 spiro atoms. The highest BCUT2D eigenvalue weighted by atomic mass is 16.5. The standard InChI is InChI=1S/C13H17N3O3/c1-8(14-2)6-11-15-12(13(17)18)10-5-4-9(19-3)7-16(10)11/h4-5,7-8,14H,6H2,1-3H3,(H,17,18). The average Bonchev–Trinajstić information content (AvgIpc) is 2.76. The molecule has 0 aliphatic heterocycles. The first kappa shape index (κ1) is 13.4. The van der Waals surface area contributed by atoms with Crippen LogP contribution in [0.5, 0.6) is 5.75 Å². The van der Waals surface area contributed by atoms with E-state index in [-0.39, 0.29) is 11.7 Å². The van der Waals surface area contributed by atoms with Crippen molar-refractivity contribution in [3.8, 4) is 5.75 Å². The van der Waals surface area contributed by atoms with E-state index in [0.717, 1.165) is 0 Å². The maximum atomic E-state index is 11.2. The number of hydrogen-bond donors (Lipinski definition) is 2. The number of imidazole rings is 1. The molecule has 1 atom stereocenters. The van der Waals surface area contributed by atoms with Crippen LogP contribution in [-0.2, 0) is 6.42 Å². The van der Waals surface area contributed by atoms with Crippen LogP contribution in [0.4, 0.5) is 0 Å². The van der Waals surface area contributed by atoms with Crippen LogP contribution in [0.2, 0.25) is 0 Å². The van der Waals surface area contributed by atoms with Crippen molar-refractivity contribution in [3.63, 3.8) is 0 Å². The van der Waals surface area contributed by atoms with Gasteiger partial charge >= 0.3 is 5.97 Å². The van der Waals surface area contributed by atoms with Gasteiger partial charge in [-0.05, 0) is 26.1 Å². The van der Waals surface area contributed by atoms with Crippen LogP contribution in [0.3, 0.4) is 0 Å². The second-order valence-corrected chi connectivity index (χ2v) is 4.40. The molecule has 0 aliphatic carbocycles. The number of likely N-dealkylation sites (N-methyl/N-ethyl adjacent to an activating group) is 1. The molecule has 0 aliphatic rings. The third-order valence-electron chi connectivity index (χ3n) is 3.10. The molecule has 2 heterocycles. The predicted molar refractivity (Wildman–Crippen MR) is 70.9 cm³/mol. The predicted octanol–water partition coefficient (Wildman–Crippen LogP) is 1.19. The molecule has 2 aromatic rings. The molecular weight excluding hydrogens is 246 g/mol. The molecule has 0 saturated heterocycles. The van der Waals surface area contributed by atoms with Gasteiger partial charge in [-0.25, -0.2) is 9.78 Å². The summed E-state index contributed by atoms with van der Waals surface area (Å²) < 4.78 is 6.94. The van der Waals surface area contributed by atoms with Crippen LogP contribution in [-0.4, -0.2) is 40.7 Å². The highest BCUT2D eigenvalue weighted by Gasteiger charge is 2.18. The summed E-state index contributed by atoms with van der Waals surface area (Å²) in [7, 11) is 3.44. The second kappa shape index (κ2) is 5.27. The van der Waals surface area contributed by atoms with E-state index >= 15 is 0 Å².